The van der Waals surface area contributed by atoms with Crippen molar-refractivity contribution in [3.05, 3.63) is 73.3 Å². The molecule has 3 rings (SSSR count). The molecule has 0 radical (unpaired) electrons. The number of amides is 1. The van der Waals surface area contributed by atoms with E-state index in [2.05, 4.69) is 20.9 Å². The monoisotopic (exact) mass is 607 g/mol. The quantitative estimate of drug-likeness (QED) is 0.284. The molecule has 1 amide bonds. The van der Waals surface area contributed by atoms with Crippen LogP contribution in [0.15, 0.2) is 62.1 Å². The highest BCUT2D eigenvalue weighted by Crippen LogP contribution is 2.42. The molecule has 0 spiro atoms. The number of aliphatic imine (C=N–C) groups is 1. The van der Waals surface area contributed by atoms with Gasteiger partial charge in [0.1, 0.15) is 23.0 Å². The fourth-order valence-corrected chi connectivity index (χ4v) is 5.07. The van der Waals surface area contributed by atoms with Crippen molar-refractivity contribution >= 4 is 62.3 Å². The lowest BCUT2D eigenvalue weighted by Crippen LogP contribution is -2.14. The molecule has 0 saturated heterocycles. The Bertz CT molecular complexity index is 1260. The number of nitrogens with zero attached hydrogens (tertiary/aromatic N) is 1. The lowest BCUT2D eigenvalue weighted by molar-refractivity contribution is -0.138. The highest BCUT2D eigenvalue weighted by atomic mass is 79.9. The van der Waals surface area contributed by atoms with Crippen LogP contribution < -0.4 is 9.47 Å². The minimum Gasteiger partial charge on any atom is -0.506 e. The van der Waals surface area contributed by atoms with Gasteiger partial charge in [0.25, 0.3) is 0 Å². The lowest BCUT2D eigenvalue weighted by Gasteiger charge is -2.15. The number of benzene rings is 2. The van der Waals surface area contributed by atoms with Gasteiger partial charge in [0.15, 0.2) is 11.5 Å². The van der Waals surface area contributed by atoms with E-state index >= 15 is 0 Å². The molecule has 1 aliphatic rings. The predicted molar refractivity (Wildman–Crippen MR) is 150 cm³/mol. The van der Waals surface area contributed by atoms with Crippen LogP contribution in [0, 0.1) is 0 Å². The maximum Gasteiger partial charge on any atom is 0.344 e. The predicted octanol–water partition coefficient (Wildman–Crippen LogP) is 7.27. The summed E-state index contributed by atoms with van der Waals surface area (Å²) in [6, 6.07) is 10.9. The molecule has 0 saturated carbocycles. The molecule has 196 valence electrons. The van der Waals surface area contributed by atoms with Crippen molar-refractivity contribution in [2.24, 2.45) is 4.99 Å². The Morgan fingerprint density at radius 2 is 1.84 bits per heavy atom. The normalized spacial score (nSPS) is 15.4. The summed E-state index contributed by atoms with van der Waals surface area (Å²) in [6.45, 7) is 6.23. The second kappa shape index (κ2) is 13.7. The summed E-state index contributed by atoms with van der Waals surface area (Å²) in [5.41, 5.74) is 1.50. The smallest absolute Gasteiger partial charge is 0.344 e. The van der Waals surface area contributed by atoms with Crippen LogP contribution in [0.2, 0.25) is 5.02 Å². The second-order valence-corrected chi connectivity index (χ2v) is 10.1. The molecule has 2 aromatic rings. The van der Waals surface area contributed by atoms with Gasteiger partial charge in [-0.2, -0.15) is 0 Å². The molecule has 0 fully saturated rings. The van der Waals surface area contributed by atoms with Gasteiger partial charge >= 0.3 is 5.97 Å². The average Bonchev–Trinajstić information content (AvgIpc) is 3.14. The third-order valence-electron chi connectivity index (χ3n) is 4.99. The number of aliphatic hydroxyl groups is 1. The molecule has 0 atom stereocenters. The molecule has 10 heteroatoms. The van der Waals surface area contributed by atoms with E-state index in [0.29, 0.717) is 51.1 Å². The van der Waals surface area contributed by atoms with E-state index < -0.39 is 5.97 Å². The molecule has 37 heavy (non-hydrogen) atoms. The zero-order valence-electron chi connectivity index (χ0n) is 20.7. The first kappa shape index (κ1) is 28.8. The van der Waals surface area contributed by atoms with Gasteiger partial charge in [-0.15, -0.1) is 0 Å². The van der Waals surface area contributed by atoms with Gasteiger partial charge in [0, 0.05) is 11.4 Å². The first-order valence-electron chi connectivity index (χ1n) is 11.7. The van der Waals surface area contributed by atoms with Crippen molar-refractivity contribution in [3.63, 3.8) is 0 Å². The van der Waals surface area contributed by atoms with E-state index in [1.807, 2.05) is 32.0 Å². The van der Waals surface area contributed by atoms with E-state index in [4.69, 9.17) is 25.8 Å². The van der Waals surface area contributed by atoms with Crippen molar-refractivity contribution in [1.29, 1.82) is 0 Å². The standard InChI is InChI=1S/C27H27BrClNO6S/c1-4-7-22(31)30-26-23(27(33)35-6-3)24(32)21(37-26)14-17-12-19(28)25(20(13-17)34-5-2)36-15-16-8-10-18(29)11-9-16/h8-14,32H,4-7,15H2,1-3H3/b21-14-,30-26?. The van der Waals surface area contributed by atoms with Crippen molar-refractivity contribution in [2.75, 3.05) is 13.2 Å². The van der Waals surface area contributed by atoms with Crippen LogP contribution >= 0.6 is 39.3 Å². The van der Waals surface area contributed by atoms with Crippen molar-refractivity contribution in [3.8, 4) is 11.5 Å². The fraction of sp³-hybridized carbons (Fsp3) is 0.296. The number of ether oxygens (including phenoxy) is 3. The summed E-state index contributed by atoms with van der Waals surface area (Å²) in [6.07, 6.45) is 2.54. The van der Waals surface area contributed by atoms with Crippen LogP contribution in [-0.4, -0.2) is 35.2 Å². The van der Waals surface area contributed by atoms with E-state index in [1.54, 1.807) is 31.2 Å². The minimum atomic E-state index is -0.735. The van der Waals surface area contributed by atoms with Gasteiger partial charge in [-0.25, -0.2) is 9.79 Å². The number of thioether (sulfide) groups is 1. The van der Waals surface area contributed by atoms with E-state index in [-0.39, 0.29) is 35.3 Å². The van der Waals surface area contributed by atoms with Gasteiger partial charge < -0.3 is 19.3 Å². The number of hydrogen-bond donors (Lipinski definition) is 1. The van der Waals surface area contributed by atoms with Gasteiger partial charge in [-0.3, -0.25) is 4.79 Å². The maximum atomic E-state index is 12.5. The van der Waals surface area contributed by atoms with Crippen molar-refractivity contribution < 1.29 is 28.9 Å². The number of esters is 1. The summed E-state index contributed by atoms with van der Waals surface area (Å²) >= 11 is 10.6. The topological polar surface area (TPSA) is 94.4 Å². The fourth-order valence-electron chi connectivity index (χ4n) is 3.34. The van der Waals surface area contributed by atoms with E-state index in [1.165, 1.54) is 0 Å². The van der Waals surface area contributed by atoms with Crippen LogP contribution in [0.4, 0.5) is 0 Å². The van der Waals surface area contributed by atoms with Crippen molar-refractivity contribution in [1.82, 2.24) is 0 Å². The number of aliphatic hydroxyl groups excluding tert-OH is 1. The van der Waals surface area contributed by atoms with Gasteiger partial charge in [-0.1, -0.05) is 42.4 Å². The second-order valence-electron chi connectivity index (χ2n) is 7.79. The van der Waals surface area contributed by atoms with Crippen LogP contribution in [0.3, 0.4) is 0 Å². The minimum absolute atomic E-state index is 0.116. The molecular weight excluding hydrogens is 582 g/mol. The molecule has 7 nitrogen and oxygen atoms in total. The highest BCUT2D eigenvalue weighted by Gasteiger charge is 2.33. The third-order valence-corrected chi connectivity index (χ3v) is 6.85. The number of hydrogen-bond acceptors (Lipinski definition) is 7. The van der Waals surface area contributed by atoms with Crippen LogP contribution in [-0.2, 0) is 20.9 Å². The van der Waals surface area contributed by atoms with Crippen LogP contribution in [0.5, 0.6) is 11.5 Å². The lowest BCUT2D eigenvalue weighted by atomic mass is 10.1. The Balaban J connectivity index is 1.95. The molecule has 0 bridgehead atoms. The number of rotatable bonds is 10. The Kier molecular flexibility index (Phi) is 10.7. The Morgan fingerprint density at radius 1 is 1.11 bits per heavy atom. The zero-order chi connectivity index (χ0) is 26.9. The summed E-state index contributed by atoms with van der Waals surface area (Å²) < 4.78 is 17.6. The van der Waals surface area contributed by atoms with Gasteiger partial charge in [0.2, 0.25) is 5.91 Å². The van der Waals surface area contributed by atoms with Crippen molar-refractivity contribution in [2.45, 2.75) is 40.2 Å². The molecule has 1 N–H and O–H groups in total. The zero-order valence-corrected chi connectivity index (χ0v) is 23.8. The summed E-state index contributed by atoms with van der Waals surface area (Å²) in [7, 11) is 0. The first-order valence-corrected chi connectivity index (χ1v) is 13.7. The van der Waals surface area contributed by atoms with Crippen LogP contribution in [0.1, 0.15) is 44.7 Å². The van der Waals surface area contributed by atoms with E-state index in [9.17, 15) is 14.7 Å². The molecule has 0 unspecified atom stereocenters. The Hall–Kier alpha value is -2.75. The van der Waals surface area contributed by atoms with Crippen LogP contribution in [0.25, 0.3) is 6.08 Å². The molecule has 0 aliphatic carbocycles. The molecular formula is C27H27BrClNO6S. The summed E-state index contributed by atoms with van der Waals surface area (Å²) in [5, 5.41) is 11.6. The highest BCUT2D eigenvalue weighted by molar-refractivity contribution is 9.10. The largest absolute Gasteiger partial charge is 0.506 e. The number of carbonyl (C=O) groups is 2. The molecule has 1 heterocycles. The SMILES string of the molecule is CCCC(=O)N=C1S/C(=C\c2cc(Br)c(OCc3ccc(Cl)cc3)c(OCC)c2)C(O)=C1C(=O)OCC. The average molecular weight is 609 g/mol. The summed E-state index contributed by atoms with van der Waals surface area (Å²) in [5.74, 6) is -0.367. The van der Waals surface area contributed by atoms with Gasteiger partial charge in [-0.05, 0) is 77.7 Å². The summed E-state index contributed by atoms with van der Waals surface area (Å²) in [4.78, 5) is 29.1. The Labute approximate surface area is 233 Å². The Morgan fingerprint density at radius 3 is 2.49 bits per heavy atom. The maximum absolute atomic E-state index is 12.5. The van der Waals surface area contributed by atoms with E-state index in [0.717, 1.165) is 17.3 Å². The third kappa shape index (κ3) is 7.63. The number of carbonyl (C=O) groups excluding carboxylic acids is 2. The number of halogens is 2. The van der Waals surface area contributed by atoms with Gasteiger partial charge in [0.05, 0.1) is 22.6 Å². The first-order chi connectivity index (χ1) is 17.8. The molecule has 0 aromatic heterocycles. The molecule has 1 aliphatic heterocycles. The molecule has 2 aromatic carbocycles.